The number of aromatic hydroxyl groups is 2. The number of piperidine rings is 1. The van der Waals surface area contributed by atoms with Crippen molar-refractivity contribution in [1.82, 2.24) is 30.3 Å². The van der Waals surface area contributed by atoms with Gasteiger partial charge in [-0.3, -0.25) is 44.5 Å². The number of ether oxygens (including phenoxy) is 1. The Hall–Kier alpha value is -10.2. The maximum Gasteiger partial charge on any atom is 0.337 e. The van der Waals surface area contributed by atoms with E-state index in [1.807, 2.05) is 129 Å². The number of likely N-dealkylation sites (N-methyl/N-ethyl adjacent to an activating group) is 1. The van der Waals surface area contributed by atoms with Crippen molar-refractivity contribution in [3.8, 4) is 17.2 Å². The normalized spacial score (nSPS) is 19.9. The third-order valence-corrected chi connectivity index (χ3v) is 26.0. The fourth-order valence-electron chi connectivity index (χ4n) is 17.1. The first-order valence-electron chi connectivity index (χ1n) is 41.4. The number of barbiturate groups is 1. The van der Waals surface area contributed by atoms with Crippen LogP contribution < -0.4 is 26.0 Å². The first-order valence-corrected chi connectivity index (χ1v) is 43.6. The molecule has 15 rings (SSSR count). The van der Waals surface area contributed by atoms with Crippen LogP contribution in [0.3, 0.4) is 0 Å². The number of carbonyl (C=O) groups excluding carboxylic acids is 5. The van der Waals surface area contributed by atoms with Crippen molar-refractivity contribution < 1.29 is 68.4 Å². The molecule has 3 aliphatic carbocycles. The minimum Gasteiger partial charge on any atom is -0.615 e. The predicted molar refractivity (Wildman–Crippen MR) is 473 cm³/mol. The van der Waals surface area contributed by atoms with E-state index in [-0.39, 0.29) is 46.5 Å². The molecule has 7 aromatic carbocycles. The van der Waals surface area contributed by atoms with Crippen LogP contribution in [0, 0.1) is 29.1 Å². The molecule has 5 amide bonds. The second kappa shape index (κ2) is 42.9. The number of hydrogen-bond donors (Lipinski definition) is 8. The smallest absolute Gasteiger partial charge is 0.337 e. The average Bonchev–Trinajstić information content (AvgIpc) is 1.39. The number of urea groups is 1. The van der Waals surface area contributed by atoms with Gasteiger partial charge in [0.15, 0.2) is 34.4 Å². The Balaban J connectivity index is 0.000000162. The number of allylic oxidation sites excluding steroid dienone is 1. The fourth-order valence-corrected chi connectivity index (χ4v) is 19.6. The maximum atomic E-state index is 12.7. The van der Waals surface area contributed by atoms with E-state index in [2.05, 4.69) is 159 Å². The number of imide groups is 2. The van der Waals surface area contributed by atoms with E-state index in [1.54, 1.807) is 25.1 Å². The largest absolute Gasteiger partial charge is 0.615 e. The highest BCUT2D eigenvalue weighted by molar-refractivity contribution is 7.99. The molecule has 2 saturated carbocycles. The number of rotatable bonds is 24. The molecule has 640 valence electrons. The zero-order chi connectivity index (χ0) is 87.3. The Morgan fingerprint density at radius 1 is 0.742 bits per heavy atom. The van der Waals surface area contributed by atoms with E-state index in [4.69, 9.17) is 20.7 Å². The number of fused-ring (bicyclic) bond motifs is 2. The summed E-state index contributed by atoms with van der Waals surface area (Å²) < 4.78 is 18.4. The maximum absolute atomic E-state index is 12.7. The van der Waals surface area contributed by atoms with Crippen LogP contribution in [0.5, 0.6) is 17.2 Å². The van der Waals surface area contributed by atoms with Crippen molar-refractivity contribution in [3.05, 3.63) is 252 Å². The number of carbonyl (C=O) groups is 7. The molecular formula is C96H120N8O14S2. The van der Waals surface area contributed by atoms with Gasteiger partial charge in [0.25, 0.3) is 5.91 Å². The van der Waals surface area contributed by atoms with Crippen LogP contribution in [0.25, 0.3) is 0 Å². The van der Waals surface area contributed by atoms with Gasteiger partial charge in [0.2, 0.25) is 11.8 Å². The van der Waals surface area contributed by atoms with E-state index >= 15 is 0 Å². The number of nitrogens with two attached hydrogens (primary N) is 1. The number of likely N-dealkylation sites (tertiary alicyclic amines) is 1. The molecule has 3 unspecified atom stereocenters. The lowest BCUT2D eigenvalue weighted by Crippen LogP contribution is -2.76. The van der Waals surface area contributed by atoms with Crippen molar-refractivity contribution >= 4 is 75.8 Å². The average molecular weight is 1670 g/mol. The summed E-state index contributed by atoms with van der Waals surface area (Å²) >= 11 is 0.502. The molecule has 1 aromatic heterocycles. The molecule has 4 fully saturated rings. The number of nitrogens with zero attached hydrogens (tertiary/aromatic N) is 5. The first kappa shape index (κ1) is 93.7. The highest BCUT2D eigenvalue weighted by Crippen LogP contribution is 2.65. The quantitative estimate of drug-likeness (QED) is 0.0158. The standard InChI is InChI=1S/C20H23NO4.C17H20N2S.C15H15NO2S.C14H23NO.C13H18O2.C11H16N2O3.C6H5NO2/c22-13-4-3-12-9-15-20(24)6-5-14(23)18-19(20,16(12)17(13)25-18)7-8-21(15)10-11-1-2-11;1-13(18(2)3)12-19-14-8-4-6-10-16(14)20-17-11-7-5-9-15(17)19;16-14(17)11-19(18)15(12-7-3-1-4-8-12)13-9-5-2-6-10-13;1-5-14(11(2)10-15(3)4)12-7-6-8-13(16)9-12;1-9(2)8-11-4-6-12(7-5-11)10(3)13(14)15;1-4-5-11(6-7(2)3)8(14)12-10(16)13-9(11)15;8-6(9)5-2-1-3-7-4-5/h3-4,11,15,18,22,24H,1-2,5-10H2;4-11,13H,12H2,1-3H3;1-10,15H,11H2,(H2,16,17);6-9,11,14,16H,5,10H2,1-4H3;4-7,9-10H,8H2,1-3H3,(H,14,15);4,7H,1,5-6H2,2-3H3,(H2,12,13,14,15,16);1-4H,(H,8,9)/t15-,18+,19+,20-;;;11-,14+;;;/m1..0.../s1. The number of para-hydroxylation sites is 2. The number of Topliss-reactive ketones (excluding diaryl/α,β-unsaturated/α-hetero) is 1. The van der Waals surface area contributed by atoms with E-state index < -0.39 is 75.3 Å². The number of anilines is 2. The second-order valence-electron chi connectivity index (χ2n) is 33.6. The number of hydrogen-bond acceptors (Lipinski definition) is 18. The van der Waals surface area contributed by atoms with Crippen molar-refractivity contribution in [3.63, 3.8) is 0 Å². The highest BCUT2D eigenvalue weighted by Gasteiger charge is 2.73. The molecule has 7 aliphatic rings. The van der Waals surface area contributed by atoms with Crippen molar-refractivity contribution in [2.75, 3.05) is 65.0 Å². The van der Waals surface area contributed by atoms with Crippen LogP contribution in [-0.2, 0) is 53.4 Å². The van der Waals surface area contributed by atoms with Crippen LogP contribution in [0.4, 0.5) is 16.2 Å². The zero-order valence-electron chi connectivity index (χ0n) is 71.2. The fraction of sp³-hybridized carbons (Fsp3) is 0.417. The van der Waals surface area contributed by atoms with Crippen molar-refractivity contribution in [2.24, 2.45) is 34.8 Å². The summed E-state index contributed by atoms with van der Waals surface area (Å²) in [5, 5.41) is 52.9. The number of aliphatic hydroxyl groups is 1. The summed E-state index contributed by atoms with van der Waals surface area (Å²) in [6.07, 6.45) is 11.5. The number of amides is 5. The Kier molecular flexibility index (Phi) is 33.5. The van der Waals surface area contributed by atoms with Gasteiger partial charge in [-0.2, -0.15) is 0 Å². The molecule has 22 nitrogen and oxygen atoms in total. The van der Waals surface area contributed by atoms with Gasteiger partial charge in [-0.05, 0) is 224 Å². The molecule has 0 radical (unpaired) electrons. The number of nitrogens with one attached hydrogen (secondary N) is 2. The summed E-state index contributed by atoms with van der Waals surface area (Å²) in [5.41, 5.74) is 12.5. The molecular weight excluding hydrogens is 1550 g/mol. The minimum atomic E-state index is -1.36. The summed E-state index contributed by atoms with van der Waals surface area (Å²) in [6, 6.07) is 58.5. The Labute approximate surface area is 714 Å². The lowest BCUT2D eigenvalue weighted by atomic mass is 9.49. The third-order valence-electron chi connectivity index (χ3n) is 23.2. The number of carboxylic acids is 2. The lowest BCUT2D eigenvalue weighted by Gasteiger charge is -2.62. The third kappa shape index (κ3) is 23.3. The molecule has 9 N–H and O–H groups in total. The highest BCUT2D eigenvalue weighted by atomic mass is 32.2. The molecule has 1 spiro atoms. The van der Waals surface area contributed by atoms with Crippen LogP contribution >= 0.6 is 11.8 Å². The first-order chi connectivity index (χ1) is 57.2. The zero-order valence-corrected chi connectivity index (χ0v) is 72.8. The monoisotopic (exact) mass is 1670 g/mol. The number of phenolic OH excluding ortho intramolecular Hbond substituents is 2. The summed E-state index contributed by atoms with van der Waals surface area (Å²) in [5.74, 6) is -0.192. The molecule has 24 heteroatoms. The molecule has 2 bridgehead atoms. The SMILES string of the molecule is C=CCC1(CC(C)C)C(=O)NC(=O)NC1=O.CC(C)Cc1ccc(C(C)C(=O)O)cc1.CC(CN1c2ccccc2Sc2ccccc21)N(C)C.CC[C@@H](c1cccc(O)c1)[C@@H](C)CN(C)C.NC(=O)C[S+]([O-])C(c1ccccc1)c1ccccc1.O=C(O)c1cccnc1.O=C1CC[C@@]2(O)[C@H]3Cc4ccc(O)c5c4[C@@]2(CCN3CC2CC2)[C@H]1O5. The topological polar surface area (TPSA) is 329 Å². The number of aromatic carboxylic acids is 1. The van der Waals surface area contributed by atoms with Crippen LogP contribution in [0.15, 0.2) is 217 Å². The van der Waals surface area contributed by atoms with Crippen LogP contribution in [0.1, 0.15) is 173 Å². The van der Waals surface area contributed by atoms with E-state index in [0.717, 1.165) is 85.6 Å². The van der Waals surface area contributed by atoms with E-state index in [9.17, 15) is 53.4 Å². The van der Waals surface area contributed by atoms with Gasteiger partial charge in [0.05, 0.1) is 33.9 Å². The number of primary amides is 1. The number of aliphatic carboxylic acids is 1. The van der Waals surface area contributed by atoms with E-state index in [1.165, 1.54) is 69.7 Å². The molecule has 2 saturated heterocycles. The Morgan fingerprint density at radius 3 is 1.83 bits per heavy atom. The van der Waals surface area contributed by atoms with Crippen molar-refractivity contribution in [1.29, 1.82) is 0 Å². The van der Waals surface area contributed by atoms with Crippen LogP contribution in [0.2, 0.25) is 0 Å². The van der Waals surface area contributed by atoms with Gasteiger partial charge >= 0.3 is 18.0 Å². The summed E-state index contributed by atoms with van der Waals surface area (Å²) in [4.78, 5) is 95.0. The molecule has 4 aliphatic heterocycles. The Morgan fingerprint density at radius 2 is 1.33 bits per heavy atom. The van der Waals surface area contributed by atoms with Gasteiger partial charge in [-0.1, -0.05) is 187 Å². The molecule has 8 aromatic rings. The van der Waals surface area contributed by atoms with Crippen molar-refractivity contribution in [2.45, 2.75) is 176 Å². The van der Waals surface area contributed by atoms with Gasteiger partial charge in [0.1, 0.15) is 11.2 Å². The number of benzene rings is 7. The van der Waals surface area contributed by atoms with Crippen LogP contribution in [-0.4, -0.2) is 175 Å². The molecule has 9 atom stereocenters. The predicted octanol–water partition coefficient (Wildman–Crippen LogP) is 15.7. The number of carboxylic acid groups (broad SMARTS) is 2. The number of phenols is 2. The minimum absolute atomic E-state index is 0.0454. The summed E-state index contributed by atoms with van der Waals surface area (Å²) in [7, 11) is 8.49. The Bertz CT molecular complexity index is 4680. The van der Waals surface area contributed by atoms with Gasteiger partial charge < -0.3 is 55.3 Å². The van der Waals surface area contributed by atoms with E-state index in [0.29, 0.717) is 54.6 Å². The lowest BCUT2D eigenvalue weighted by molar-refractivity contribution is -0.188. The summed E-state index contributed by atoms with van der Waals surface area (Å²) in [6.45, 7) is 24.2. The number of aromatic nitrogens is 1. The van der Waals surface area contributed by atoms with Gasteiger partial charge in [-0.15, -0.1) is 6.58 Å². The van der Waals surface area contributed by atoms with Gasteiger partial charge in [-0.25, -0.2) is 9.59 Å². The molecule has 5 heterocycles. The van der Waals surface area contributed by atoms with Gasteiger partial charge in [0, 0.05) is 77.0 Å². The second-order valence-corrected chi connectivity index (χ2v) is 36.2. The molecule has 120 heavy (non-hydrogen) atoms. The number of ketones is 1. The number of pyridine rings is 1.